The van der Waals surface area contributed by atoms with Crippen LogP contribution in [0.4, 0.5) is 4.39 Å². The summed E-state index contributed by atoms with van der Waals surface area (Å²) in [4.78, 5) is 2.30. The number of halogens is 2. The molecule has 1 aromatic rings. The molecule has 0 saturated carbocycles. The first kappa shape index (κ1) is 13.8. The predicted molar refractivity (Wildman–Crippen MR) is 73.1 cm³/mol. The molecule has 1 fully saturated rings. The topological polar surface area (TPSA) is 29.3 Å². The molecule has 0 aromatic heterocycles. The van der Waals surface area contributed by atoms with E-state index < -0.39 is 0 Å². The Hall–Kier alpha value is -0.640. The Morgan fingerprint density at radius 2 is 2.22 bits per heavy atom. The van der Waals surface area contributed by atoms with E-state index in [0.717, 1.165) is 12.8 Å². The second-order valence-corrected chi connectivity index (χ2v) is 5.51. The zero-order valence-electron chi connectivity index (χ0n) is 10.7. The number of piperidine rings is 1. The fourth-order valence-electron chi connectivity index (χ4n) is 2.74. The van der Waals surface area contributed by atoms with Gasteiger partial charge in [0.1, 0.15) is 5.82 Å². The van der Waals surface area contributed by atoms with Gasteiger partial charge in [-0.3, -0.25) is 4.90 Å². The summed E-state index contributed by atoms with van der Waals surface area (Å²) in [5, 5.41) is 0.584. The summed E-state index contributed by atoms with van der Waals surface area (Å²) in [5.41, 5.74) is 6.48. The molecular formula is C14H20ClFN2. The van der Waals surface area contributed by atoms with Crippen molar-refractivity contribution >= 4 is 11.6 Å². The summed E-state index contributed by atoms with van der Waals surface area (Å²) < 4.78 is 13.8. The third kappa shape index (κ3) is 3.02. The molecule has 1 aliphatic rings. The van der Waals surface area contributed by atoms with Crippen LogP contribution in [0.15, 0.2) is 18.2 Å². The first-order valence-corrected chi connectivity index (χ1v) is 6.89. The largest absolute Gasteiger partial charge is 0.329 e. The van der Waals surface area contributed by atoms with Crippen molar-refractivity contribution in [2.24, 2.45) is 5.73 Å². The molecule has 0 spiro atoms. The van der Waals surface area contributed by atoms with Crippen molar-refractivity contribution in [1.29, 1.82) is 0 Å². The van der Waals surface area contributed by atoms with E-state index in [1.54, 1.807) is 12.1 Å². The number of rotatable bonds is 3. The Balaban J connectivity index is 2.17. The second kappa shape index (κ2) is 6.00. The highest BCUT2D eigenvalue weighted by Gasteiger charge is 2.27. The Morgan fingerprint density at radius 1 is 1.44 bits per heavy atom. The minimum absolute atomic E-state index is 0.187. The lowest BCUT2D eigenvalue weighted by molar-refractivity contribution is 0.0880. The summed E-state index contributed by atoms with van der Waals surface area (Å²) >= 11 is 5.93. The minimum atomic E-state index is -0.187. The number of nitrogens with zero attached hydrogens (tertiary/aromatic N) is 1. The maximum absolute atomic E-state index is 13.8. The van der Waals surface area contributed by atoms with Gasteiger partial charge in [0, 0.05) is 35.8 Å². The zero-order valence-corrected chi connectivity index (χ0v) is 11.5. The van der Waals surface area contributed by atoms with Gasteiger partial charge in [-0.25, -0.2) is 4.39 Å². The highest BCUT2D eigenvalue weighted by atomic mass is 35.5. The molecule has 0 amide bonds. The van der Waals surface area contributed by atoms with Crippen LogP contribution >= 0.6 is 11.6 Å². The maximum Gasteiger partial charge on any atom is 0.127 e. The monoisotopic (exact) mass is 270 g/mol. The molecule has 1 aliphatic heterocycles. The average Bonchev–Trinajstić information content (AvgIpc) is 2.36. The van der Waals surface area contributed by atoms with Gasteiger partial charge >= 0.3 is 0 Å². The van der Waals surface area contributed by atoms with E-state index in [0.29, 0.717) is 35.8 Å². The van der Waals surface area contributed by atoms with Gasteiger partial charge in [-0.05, 0) is 38.0 Å². The van der Waals surface area contributed by atoms with Crippen molar-refractivity contribution in [3.05, 3.63) is 34.6 Å². The van der Waals surface area contributed by atoms with E-state index in [4.69, 9.17) is 17.3 Å². The number of hydrogen-bond acceptors (Lipinski definition) is 2. The number of likely N-dealkylation sites (tertiary alicyclic amines) is 1. The first-order chi connectivity index (χ1) is 8.61. The quantitative estimate of drug-likeness (QED) is 0.914. The highest BCUT2D eigenvalue weighted by molar-refractivity contribution is 6.30. The van der Waals surface area contributed by atoms with Crippen LogP contribution in [0.5, 0.6) is 0 Å². The number of nitrogens with two attached hydrogens (primary N) is 1. The molecule has 2 nitrogen and oxygen atoms in total. The molecule has 2 unspecified atom stereocenters. The molecular weight excluding hydrogens is 251 g/mol. The Morgan fingerprint density at radius 3 is 2.94 bits per heavy atom. The smallest absolute Gasteiger partial charge is 0.127 e. The van der Waals surface area contributed by atoms with Gasteiger partial charge in [0.05, 0.1) is 0 Å². The molecule has 0 bridgehead atoms. The van der Waals surface area contributed by atoms with Crippen LogP contribution in [0.3, 0.4) is 0 Å². The average molecular weight is 271 g/mol. The van der Waals surface area contributed by atoms with Crippen molar-refractivity contribution in [3.63, 3.8) is 0 Å². The Kier molecular flexibility index (Phi) is 4.60. The maximum atomic E-state index is 13.8. The van der Waals surface area contributed by atoms with Crippen molar-refractivity contribution in [1.82, 2.24) is 4.90 Å². The van der Waals surface area contributed by atoms with E-state index in [-0.39, 0.29) is 5.82 Å². The molecule has 0 aliphatic carbocycles. The fourth-order valence-corrected chi connectivity index (χ4v) is 2.93. The molecule has 1 heterocycles. The highest BCUT2D eigenvalue weighted by Crippen LogP contribution is 2.26. The molecule has 1 aromatic carbocycles. The van der Waals surface area contributed by atoms with Gasteiger partial charge in [0.25, 0.3) is 0 Å². The zero-order chi connectivity index (χ0) is 13.1. The Labute approximate surface area is 113 Å². The predicted octanol–water partition coefficient (Wildman–Crippen LogP) is 3.18. The second-order valence-electron chi connectivity index (χ2n) is 5.08. The van der Waals surface area contributed by atoms with E-state index in [9.17, 15) is 4.39 Å². The van der Waals surface area contributed by atoms with Crippen LogP contribution in [0.2, 0.25) is 5.02 Å². The molecule has 2 rings (SSSR count). The van der Waals surface area contributed by atoms with Crippen LogP contribution in [-0.2, 0) is 6.54 Å². The summed E-state index contributed by atoms with van der Waals surface area (Å²) in [5.74, 6) is -0.187. The lowest BCUT2D eigenvalue weighted by Gasteiger charge is -2.40. The third-order valence-electron chi connectivity index (χ3n) is 3.83. The number of benzene rings is 1. The van der Waals surface area contributed by atoms with Gasteiger partial charge in [0.15, 0.2) is 0 Å². The molecule has 2 N–H and O–H groups in total. The minimum Gasteiger partial charge on any atom is -0.329 e. The van der Waals surface area contributed by atoms with E-state index in [1.165, 1.54) is 12.5 Å². The van der Waals surface area contributed by atoms with E-state index in [2.05, 4.69) is 11.8 Å². The van der Waals surface area contributed by atoms with Crippen LogP contribution < -0.4 is 5.73 Å². The van der Waals surface area contributed by atoms with Crippen LogP contribution in [-0.4, -0.2) is 23.5 Å². The van der Waals surface area contributed by atoms with Crippen LogP contribution in [0.1, 0.15) is 31.7 Å². The first-order valence-electron chi connectivity index (χ1n) is 6.51. The fraction of sp³-hybridized carbons (Fsp3) is 0.571. The SMILES string of the molecule is CC1CCCC(CN)N1Cc1cc(Cl)ccc1F. The third-order valence-corrected chi connectivity index (χ3v) is 4.06. The summed E-state index contributed by atoms with van der Waals surface area (Å²) in [6.07, 6.45) is 3.46. The summed E-state index contributed by atoms with van der Waals surface area (Å²) in [7, 11) is 0. The van der Waals surface area contributed by atoms with E-state index in [1.807, 2.05) is 0 Å². The number of hydrogen-bond donors (Lipinski definition) is 1. The van der Waals surface area contributed by atoms with Crippen molar-refractivity contribution in [2.75, 3.05) is 6.54 Å². The molecule has 0 radical (unpaired) electrons. The summed E-state index contributed by atoms with van der Waals surface area (Å²) in [6.45, 7) is 3.41. The molecule has 100 valence electrons. The molecule has 4 heteroatoms. The molecule has 2 atom stereocenters. The normalized spacial score (nSPS) is 25.3. The Bertz CT molecular complexity index is 411. The summed E-state index contributed by atoms with van der Waals surface area (Å²) in [6, 6.07) is 5.54. The van der Waals surface area contributed by atoms with Crippen LogP contribution in [0, 0.1) is 5.82 Å². The van der Waals surface area contributed by atoms with Crippen molar-refractivity contribution in [3.8, 4) is 0 Å². The van der Waals surface area contributed by atoms with Crippen molar-refractivity contribution < 1.29 is 4.39 Å². The van der Waals surface area contributed by atoms with Crippen LogP contribution in [0.25, 0.3) is 0 Å². The molecule has 1 saturated heterocycles. The van der Waals surface area contributed by atoms with Gasteiger partial charge in [-0.1, -0.05) is 18.0 Å². The van der Waals surface area contributed by atoms with Gasteiger partial charge < -0.3 is 5.73 Å². The van der Waals surface area contributed by atoms with Gasteiger partial charge in [-0.2, -0.15) is 0 Å². The lowest BCUT2D eigenvalue weighted by Crippen LogP contribution is -2.48. The lowest BCUT2D eigenvalue weighted by atomic mass is 9.95. The van der Waals surface area contributed by atoms with Gasteiger partial charge in [0.2, 0.25) is 0 Å². The standard InChI is InChI=1S/C14H20ClFN2/c1-10-3-2-4-13(8-17)18(10)9-11-7-12(15)5-6-14(11)16/h5-7,10,13H,2-4,8-9,17H2,1H3. The molecule has 18 heavy (non-hydrogen) atoms. The van der Waals surface area contributed by atoms with Gasteiger partial charge in [-0.15, -0.1) is 0 Å². The van der Waals surface area contributed by atoms with Crippen molar-refractivity contribution in [2.45, 2.75) is 44.8 Å². The van der Waals surface area contributed by atoms with E-state index >= 15 is 0 Å².